The number of nitro groups is 1. The zero-order valence-corrected chi connectivity index (χ0v) is 14.6. The van der Waals surface area contributed by atoms with Gasteiger partial charge < -0.3 is 14.5 Å². The highest BCUT2D eigenvalue weighted by atomic mass is 16.7. The molecule has 0 atom stereocenters. The molecule has 1 aromatic carbocycles. The lowest BCUT2D eigenvalue weighted by atomic mass is 10.1. The van der Waals surface area contributed by atoms with E-state index in [0.29, 0.717) is 12.1 Å². The van der Waals surface area contributed by atoms with E-state index in [9.17, 15) is 24.5 Å². The van der Waals surface area contributed by atoms with E-state index in [2.05, 4.69) is 5.32 Å². The Morgan fingerprint density at radius 2 is 1.85 bits per heavy atom. The Morgan fingerprint density at radius 1 is 1.15 bits per heavy atom. The van der Waals surface area contributed by atoms with Gasteiger partial charge in [0.15, 0.2) is 12.4 Å². The van der Waals surface area contributed by atoms with Gasteiger partial charge in [-0.2, -0.15) is 0 Å². The number of aryl methyl sites for hydroxylation is 1. The van der Waals surface area contributed by atoms with Crippen LogP contribution in [0.4, 0.5) is 5.88 Å². The van der Waals surface area contributed by atoms with Crippen LogP contribution in [0.15, 0.2) is 40.8 Å². The molecule has 1 N–H and O–H groups in total. The first kappa shape index (κ1) is 19.8. The number of hydrogen-bond acceptors (Lipinski definition) is 7. The van der Waals surface area contributed by atoms with Crippen LogP contribution in [0.3, 0.4) is 0 Å². The summed E-state index contributed by atoms with van der Waals surface area (Å²) in [5.74, 6) is -2.36. The molecule has 2 rings (SSSR count). The van der Waals surface area contributed by atoms with Gasteiger partial charge in [0, 0.05) is 19.0 Å². The van der Waals surface area contributed by atoms with Gasteiger partial charge in [-0.25, -0.2) is 4.79 Å². The summed E-state index contributed by atoms with van der Waals surface area (Å²) in [5, 5.41) is 13.2. The van der Waals surface area contributed by atoms with Gasteiger partial charge in [-0.15, -0.1) is 0 Å². The molecule has 142 valence electrons. The number of benzene rings is 1. The van der Waals surface area contributed by atoms with Crippen LogP contribution in [0.1, 0.15) is 39.8 Å². The Balaban J connectivity index is 1.82. The van der Waals surface area contributed by atoms with Crippen molar-refractivity contribution in [1.29, 1.82) is 0 Å². The van der Waals surface area contributed by atoms with Crippen molar-refractivity contribution in [1.82, 2.24) is 5.32 Å². The van der Waals surface area contributed by atoms with Gasteiger partial charge in [0.25, 0.3) is 0 Å². The molecule has 0 radical (unpaired) electrons. The number of rotatable bonds is 9. The van der Waals surface area contributed by atoms with Gasteiger partial charge >= 0.3 is 11.9 Å². The average Bonchev–Trinajstić information content (AvgIpc) is 3.14. The molecule has 1 heterocycles. The normalized spacial score (nSPS) is 10.3. The van der Waals surface area contributed by atoms with E-state index in [0.717, 1.165) is 30.5 Å². The van der Waals surface area contributed by atoms with E-state index < -0.39 is 29.2 Å². The Bertz CT molecular complexity index is 840. The predicted molar refractivity (Wildman–Crippen MR) is 93.4 cm³/mol. The molecule has 0 saturated carbocycles. The minimum Gasteiger partial charge on any atom is -0.451 e. The van der Waals surface area contributed by atoms with Crippen molar-refractivity contribution in [2.24, 2.45) is 0 Å². The highest BCUT2D eigenvalue weighted by molar-refractivity contribution is 5.99. The molecule has 0 spiro atoms. The van der Waals surface area contributed by atoms with Crippen molar-refractivity contribution in [3.63, 3.8) is 0 Å². The third-order valence-corrected chi connectivity index (χ3v) is 3.60. The van der Waals surface area contributed by atoms with Crippen LogP contribution in [0.2, 0.25) is 0 Å². The Morgan fingerprint density at radius 3 is 2.44 bits per heavy atom. The van der Waals surface area contributed by atoms with Gasteiger partial charge in [-0.1, -0.05) is 24.3 Å². The number of hydrogen-bond donors (Lipinski definition) is 1. The molecule has 0 aliphatic carbocycles. The van der Waals surface area contributed by atoms with Crippen LogP contribution in [0.5, 0.6) is 0 Å². The maximum atomic E-state index is 12.1. The minimum atomic E-state index is -0.953. The summed E-state index contributed by atoms with van der Waals surface area (Å²) < 4.78 is 9.54. The number of nitrogens with zero attached hydrogens (tertiary/aromatic N) is 1. The van der Waals surface area contributed by atoms with Crippen molar-refractivity contribution < 1.29 is 28.5 Å². The number of ketones is 1. The second-order valence-electron chi connectivity index (χ2n) is 5.68. The van der Waals surface area contributed by atoms with Gasteiger partial charge in [0.1, 0.15) is 4.92 Å². The van der Waals surface area contributed by atoms with Crippen LogP contribution < -0.4 is 5.32 Å². The number of amides is 1. The summed E-state index contributed by atoms with van der Waals surface area (Å²) in [4.78, 5) is 44.3. The summed E-state index contributed by atoms with van der Waals surface area (Å²) >= 11 is 0. The SMILES string of the molecule is CC(=O)NCCCc1ccc(C(=O)COC(=O)c2ccc([N+](=O)[O-])o2)cc1. The topological polar surface area (TPSA) is 129 Å². The molecular weight excluding hydrogens is 356 g/mol. The molecule has 0 unspecified atom stereocenters. The summed E-state index contributed by atoms with van der Waals surface area (Å²) in [6, 6.07) is 8.98. The van der Waals surface area contributed by atoms with Gasteiger partial charge in [0.05, 0.1) is 6.07 Å². The standard InChI is InChI=1S/C18H18N2O7/c1-12(21)19-10-2-3-13-4-6-14(7-5-13)15(22)11-26-18(23)16-8-9-17(27-16)20(24)25/h4-9H,2-3,10-11H2,1H3,(H,19,21). The second-order valence-corrected chi connectivity index (χ2v) is 5.68. The fraction of sp³-hybridized carbons (Fsp3) is 0.278. The third kappa shape index (κ3) is 6.07. The Hall–Kier alpha value is -3.49. The van der Waals surface area contributed by atoms with E-state index in [1.807, 2.05) is 0 Å². The summed E-state index contributed by atoms with van der Waals surface area (Å²) in [5.41, 5.74) is 1.38. The first-order valence-corrected chi connectivity index (χ1v) is 8.14. The van der Waals surface area contributed by atoms with Crippen LogP contribution >= 0.6 is 0 Å². The number of ether oxygens (including phenoxy) is 1. The lowest BCUT2D eigenvalue weighted by Crippen LogP contribution is -2.21. The zero-order valence-electron chi connectivity index (χ0n) is 14.6. The number of Topliss-reactive ketones (excluding diaryl/α,β-unsaturated/α-hetero) is 1. The van der Waals surface area contributed by atoms with Crippen LogP contribution in [-0.2, 0) is 16.0 Å². The molecule has 0 aliphatic heterocycles. The van der Waals surface area contributed by atoms with Crippen molar-refractivity contribution in [3.05, 3.63) is 63.4 Å². The largest absolute Gasteiger partial charge is 0.451 e. The molecule has 9 nitrogen and oxygen atoms in total. The zero-order chi connectivity index (χ0) is 19.8. The maximum Gasteiger partial charge on any atom is 0.433 e. The smallest absolute Gasteiger partial charge is 0.433 e. The highest BCUT2D eigenvalue weighted by Gasteiger charge is 2.19. The van der Waals surface area contributed by atoms with Gasteiger partial charge in [-0.3, -0.25) is 19.7 Å². The maximum absolute atomic E-state index is 12.1. The first-order chi connectivity index (χ1) is 12.9. The Labute approximate surface area is 154 Å². The number of carbonyl (C=O) groups excluding carboxylic acids is 3. The van der Waals surface area contributed by atoms with Crippen molar-refractivity contribution >= 4 is 23.5 Å². The highest BCUT2D eigenvalue weighted by Crippen LogP contribution is 2.16. The van der Waals surface area contributed by atoms with Crippen LogP contribution in [0, 0.1) is 10.1 Å². The van der Waals surface area contributed by atoms with E-state index in [1.54, 1.807) is 24.3 Å². The fourth-order valence-corrected chi connectivity index (χ4v) is 2.24. The molecule has 0 saturated heterocycles. The molecule has 0 aliphatic rings. The van der Waals surface area contributed by atoms with Crippen molar-refractivity contribution in [2.75, 3.05) is 13.2 Å². The van der Waals surface area contributed by atoms with Crippen LogP contribution in [0.25, 0.3) is 0 Å². The third-order valence-electron chi connectivity index (χ3n) is 3.60. The lowest BCUT2D eigenvalue weighted by Gasteiger charge is -2.05. The predicted octanol–water partition coefficient (Wildman–Crippen LogP) is 2.30. The molecule has 2 aromatic rings. The lowest BCUT2D eigenvalue weighted by molar-refractivity contribution is -0.402. The number of nitrogens with one attached hydrogen (secondary N) is 1. The Kier molecular flexibility index (Phi) is 6.81. The summed E-state index contributed by atoms with van der Waals surface area (Å²) in [7, 11) is 0. The molecular formula is C18H18N2O7. The molecule has 9 heteroatoms. The van der Waals surface area contributed by atoms with E-state index in [1.165, 1.54) is 6.92 Å². The summed E-state index contributed by atoms with van der Waals surface area (Å²) in [6.07, 6.45) is 1.53. The van der Waals surface area contributed by atoms with E-state index in [-0.39, 0.29) is 11.7 Å². The quantitative estimate of drug-likeness (QED) is 0.234. The molecule has 0 bridgehead atoms. The average molecular weight is 374 g/mol. The molecule has 27 heavy (non-hydrogen) atoms. The van der Waals surface area contributed by atoms with Crippen molar-refractivity contribution in [2.45, 2.75) is 19.8 Å². The van der Waals surface area contributed by atoms with Gasteiger partial charge in [0.2, 0.25) is 11.7 Å². The van der Waals surface area contributed by atoms with Gasteiger partial charge in [-0.05, 0) is 24.5 Å². The number of esters is 1. The van der Waals surface area contributed by atoms with Crippen LogP contribution in [-0.4, -0.2) is 35.7 Å². The monoisotopic (exact) mass is 374 g/mol. The van der Waals surface area contributed by atoms with Crippen molar-refractivity contribution in [3.8, 4) is 0 Å². The second kappa shape index (κ2) is 9.27. The molecule has 1 aromatic heterocycles. The number of furan rings is 1. The fourth-order valence-electron chi connectivity index (χ4n) is 2.24. The van der Waals surface area contributed by atoms with E-state index >= 15 is 0 Å². The van der Waals surface area contributed by atoms with E-state index in [4.69, 9.17) is 9.15 Å². The number of carbonyl (C=O) groups is 3. The summed E-state index contributed by atoms with van der Waals surface area (Å²) in [6.45, 7) is 1.53. The molecule has 1 amide bonds. The first-order valence-electron chi connectivity index (χ1n) is 8.14. The molecule has 0 fully saturated rings. The minimum absolute atomic E-state index is 0.0744.